The molecular weight excluding hydrogens is 637 g/mol. The molecule has 0 radical (unpaired) electrons. The van der Waals surface area contributed by atoms with Crippen LogP contribution in [-0.4, -0.2) is 9.13 Å². The van der Waals surface area contributed by atoms with E-state index < -0.39 is 0 Å². The maximum Gasteiger partial charge on any atom is 0.0555 e. The Balaban J connectivity index is 1.16. The molecule has 0 atom stereocenters. The van der Waals surface area contributed by atoms with Crippen molar-refractivity contribution in [3.8, 4) is 33.6 Å². The number of hydrogen-bond acceptors (Lipinski definition) is 1. The summed E-state index contributed by atoms with van der Waals surface area (Å²) in [4.78, 5) is 0. The highest BCUT2D eigenvalue weighted by Crippen LogP contribution is 2.43. The Hall–Kier alpha value is -6.42. The summed E-state index contributed by atoms with van der Waals surface area (Å²) in [5.74, 6) is 0. The summed E-state index contributed by atoms with van der Waals surface area (Å²) in [5, 5.41) is 7.69. The van der Waals surface area contributed by atoms with Crippen molar-refractivity contribution in [2.45, 2.75) is 0 Å². The first-order valence-corrected chi connectivity index (χ1v) is 18.3. The van der Waals surface area contributed by atoms with Crippen LogP contribution in [0.4, 0.5) is 0 Å². The van der Waals surface area contributed by atoms with Crippen LogP contribution in [0.25, 0.3) is 97.4 Å². The molecule has 0 aliphatic rings. The Labute approximate surface area is 298 Å². The van der Waals surface area contributed by atoms with Crippen LogP contribution in [0.3, 0.4) is 0 Å². The lowest BCUT2D eigenvalue weighted by atomic mass is 9.97. The summed E-state index contributed by atoms with van der Waals surface area (Å²) in [6.45, 7) is 0. The van der Waals surface area contributed by atoms with Crippen molar-refractivity contribution in [3.63, 3.8) is 0 Å². The van der Waals surface area contributed by atoms with Crippen molar-refractivity contribution in [3.05, 3.63) is 182 Å². The number of fused-ring (bicyclic) bond motifs is 9. The topological polar surface area (TPSA) is 9.86 Å². The first-order chi connectivity index (χ1) is 25.3. The van der Waals surface area contributed by atoms with Gasteiger partial charge >= 0.3 is 0 Å². The minimum absolute atomic E-state index is 1.16. The van der Waals surface area contributed by atoms with E-state index in [1.807, 2.05) is 11.3 Å². The van der Waals surface area contributed by atoms with Crippen LogP contribution in [0.1, 0.15) is 0 Å². The van der Waals surface area contributed by atoms with Crippen molar-refractivity contribution in [1.82, 2.24) is 9.13 Å². The van der Waals surface area contributed by atoms with Gasteiger partial charge in [-0.1, -0.05) is 115 Å². The molecule has 0 unspecified atom stereocenters. The minimum Gasteiger partial charge on any atom is -0.309 e. The zero-order valence-corrected chi connectivity index (χ0v) is 28.4. The maximum atomic E-state index is 2.47. The molecule has 0 bridgehead atoms. The van der Waals surface area contributed by atoms with Gasteiger partial charge in [-0.05, 0) is 89.0 Å². The predicted octanol–water partition coefficient (Wildman–Crippen LogP) is 13.6. The van der Waals surface area contributed by atoms with Crippen LogP contribution in [-0.2, 0) is 0 Å². The highest BCUT2D eigenvalue weighted by molar-refractivity contribution is 7.25. The van der Waals surface area contributed by atoms with Crippen molar-refractivity contribution in [2.24, 2.45) is 0 Å². The van der Waals surface area contributed by atoms with Crippen LogP contribution in [0.2, 0.25) is 0 Å². The van der Waals surface area contributed by atoms with Crippen LogP contribution in [0.15, 0.2) is 182 Å². The Bertz CT molecular complexity index is 3130. The van der Waals surface area contributed by atoms with E-state index in [4.69, 9.17) is 0 Å². The average Bonchev–Trinajstić information content (AvgIpc) is 3.86. The van der Waals surface area contributed by atoms with Crippen LogP contribution < -0.4 is 0 Å². The van der Waals surface area contributed by atoms with Crippen molar-refractivity contribution >= 4 is 75.1 Å². The molecule has 0 aliphatic carbocycles. The number of thiophene rings is 1. The molecule has 0 aliphatic heterocycles. The second-order valence-corrected chi connectivity index (χ2v) is 14.4. The highest BCUT2D eigenvalue weighted by atomic mass is 32.1. The van der Waals surface area contributed by atoms with Crippen molar-refractivity contribution < 1.29 is 0 Å². The van der Waals surface area contributed by atoms with Gasteiger partial charge < -0.3 is 9.13 Å². The third-order valence-electron chi connectivity index (χ3n) is 10.5. The van der Waals surface area contributed by atoms with Gasteiger partial charge in [0.2, 0.25) is 0 Å². The molecule has 3 aromatic heterocycles. The van der Waals surface area contributed by atoms with E-state index in [0.29, 0.717) is 0 Å². The predicted molar refractivity (Wildman–Crippen MR) is 219 cm³/mol. The monoisotopic (exact) mass is 666 g/mol. The van der Waals surface area contributed by atoms with Crippen molar-refractivity contribution in [1.29, 1.82) is 0 Å². The summed E-state index contributed by atoms with van der Waals surface area (Å²) in [5.41, 5.74) is 12.1. The van der Waals surface area contributed by atoms with E-state index in [0.717, 1.165) is 5.69 Å². The lowest BCUT2D eigenvalue weighted by Gasteiger charge is -2.11. The summed E-state index contributed by atoms with van der Waals surface area (Å²) in [6.07, 6.45) is 0. The molecule has 238 valence electrons. The molecule has 0 N–H and O–H groups in total. The molecular formula is C48H30N2S. The van der Waals surface area contributed by atoms with Gasteiger partial charge in [0.05, 0.1) is 27.8 Å². The standard InChI is InChI=1S/C48H30N2S/c1-3-13-31(14-4-1)35-19-11-21-43-47(35)39-30-33(26-28-42(39)49(43)34-15-5-2-6-16-34)32-25-27-41-38(29-32)36-17-7-9-20-40(36)50(41)44-22-12-24-46-48(44)37-18-8-10-23-45(37)51-46/h1-30H. The summed E-state index contributed by atoms with van der Waals surface area (Å²) in [7, 11) is 0. The largest absolute Gasteiger partial charge is 0.309 e. The number of aromatic nitrogens is 2. The average molecular weight is 667 g/mol. The molecule has 2 nitrogen and oxygen atoms in total. The SMILES string of the molecule is c1ccc(-c2cccc3c2c2cc(-c4ccc5c(c4)c4ccccc4n5-c4cccc5sc6ccccc6c45)ccc2n3-c2ccccc2)cc1. The van der Waals surface area contributed by atoms with E-state index in [-0.39, 0.29) is 0 Å². The fraction of sp³-hybridized carbons (Fsp3) is 0. The quantitative estimate of drug-likeness (QED) is 0.177. The van der Waals surface area contributed by atoms with E-state index in [9.17, 15) is 0 Å². The molecule has 3 heteroatoms. The van der Waals surface area contributed by atoms with E-state index in [1.165, 1.54) is 91.7 Å². The first-order valence-electron chi connectivity index (χ1n) is 17.4. The van der Waals surface area contributed by atoms with Gasteiger partial charge in [-0.25, -0.2) is 0 Å². The second-order valence-electron chi connectivity index (χ2n) is 13.3. The summed E-state index contributed by atoms with van der Waals surface area (Å²) in [6, 6.07) is 66.6. The molecule has 0 saturated carbocycles. The molecule has 51 heavy (non-hydrogen) atoms. The molecule has 0 saturated heterocycles. The van der Waals surface area contributed by atoms with Gasteiger partial charge in [-0.3, -0.25) is 0 Å². The van der Waals surface area contributed by atoms with Gasteiger partial charge in [0.15, 0.2) is 0 Å². The Morgan fingerprint density at radius 2 is 0.941 bits per heavy atom. The second kappa shape index (κ2) is 11.0. The number of para-hydroxylation sites is 2. The molecule has 0 spiro atoms. The van der Waals surface area contributed by atoms with Gasteiger partial charge in [0.1, 0.15) is 0 Å². The molecule has 11 aromatic rings. The fourth-order valence-corrected chi connectivity index (χ4v) is 9.44. The number of nitrogens with zero attached hydrogens (tertiary/aromatic N) is 2. The lowest BCUT2D eigenvalue weighted by Crippen LogP contribution is -1.94. The smallest absolute Gasteiger partial charge is 0.0555 e. The zero-order valence-electron chi connectivity index (χ0n) is 27.6. The molecule has 0 fully saturated rings. The van der Waals surface area contributed by atoms with E-state index in [1.54, 1.807) is 0 Å². The maximum absolute atomic E-state index is 2.47. The molecule has 8 aromatic carbocycles. The third-order valence-corrected chi connectivity index (χ3v) is 11.7. The molecule has 0 amide bonds. The third kappa shape index (κ3) is 4.22. The summed E-state index contributed by atoms with van der Waals surface area (Å²) >= 11 is 1.87. The first kappa shape index (κ1) is 28.4. The zero-order chi connectivity index (χ0) is 33.5. The van der Waals surface area contributed by atoms with Gasteiger partial charge in [0.25, 0.3) is 0 Å². The normalized spacial score (nSPS) is 11.9. The Morgan fingerprint density at radius 3 is 1.76 bits per heavy atom. The number of benzene rings is 8. The summed E-state index contributed by atoms with van der Waals surface area (Å²) < 4.78 is 7.52. The Kier molecular flexibility index (Phi) is 6.16. The van der Waals surface area contributed by atoms with E-state index in [2.05, 4.69) is 191 Å². The molecule has 3 heterocycles. The lowest BCUT2D eigenvalue weighted by molar-refractivity contribution is 1.18. The van der Waals surface area contributed by atoms with Gasteiger partial charge in [-0.2, -0.15) is 0 Å². The number of rotatable bonds is 4. The number of hydrogen-bond donors (Lipinski definition) is 0. The molecule has 11 rings (SSSR count). The van der Waals surface area contributed by atoms with Crippen LogP contribution in [0, 0.1) is 0 Å². The highest BCUT2D eigenvalue weighted by Gasteiger charge is 2.19. The fourth-order valence-electron chi connectivity index (χ4n) is 8.32. The van der Waals surface area contributed by atoms with Gasteiger partial charge in [0, 0.05) is 47.4 Å². The van der Waals surface area contributed by atoms with E-state index >= 15 is 0 Å². The van der Waals surface area contributed by atoms with Crippen molar-refractivity contribution in [2.75, 3.05) is 0 Å². The van der Waals surface area contributed by atoms with Crippen LogP contribution >= 0.6 is 11.3 Å². The minimum atomic E-state index is 1.16. The Morgan fingerprint density at radius 1 is 0.333 bits per heavy atom. The van der Waals surface area contributed by atoms with Gasteiger partial charge in [-0.15, -0.1) is 11.3 Å². The van der Waals surface area contributed by atoms with Crippen LogP contribution in [0.5, 0.6) is 0 Å².